The van der Waals surface area contributed by atoms with Crippen molar-refractivity contribution in [2.45, 2.75) is 0 Å². The summed E-state index contributed by atoms with van der Waals surface area (Å²) in [5, 5.41) is 3.13. The van der Waals surface area contributed by atoms with Crippen molar-refractivity contribution >= 4 is 11.3 Å². The first kappa shape index (κ1) is 12.4. The average molecular weight is 290 g/mol. The lowest BCUT2D eigenvalue weighted by molar-refractivity contribution is -0.669. The number of aromatic nitrogens is 5. The van der Waals surface area contributed by atoms with Gasteiger partial charge in [-0.25, -0.2) is 9.97 Å². The van der Waals surface area contributed by atoms with Gasteiger partial charge in [-0.15, -0.1) is 5.10 Å². The monoisotopic (exact) mass is 290 g/mol. The summed E-state index contributed by atoms with van der Waals surface area (Å²) in [6, 6.07) is 7.65. The maximum absolute atomic E-state index is 5.13. The number of rotatable bonds is 1. The van der Waals surface area contributed by atoms with E-state index >= 15 is 0 Å². The smallest absolute Gasteiger partial charge is 0.246 e. The molecule has 0 aliphatic carbocycles. The van der Waals surface area contributed by atoms with Gasteiger partial charge >= 0.3 is 0 Å². The largest absolute Gasteiger partial charge is 0.497 e. The van der Waals surface area contributed by atoms with E-state index in [0.29, 0.717) is 0 Å². The van der Waals surface area contributed by atoms with E-state index in [1.54, 1.807) is 19.5 Å². The summed E-state index contributed by atoms with van der Waals surface area (Å²) in [7, 11) is 1.65. The van der Waals surface area contributed by atoms with Crippen LogP contribution in [0.5, 0.6) is 5.75 Å². The van der Waals surface area contributed by atoms with Gasteiger partial charge in [0.15, 0.2) is 0 Å². The number of fused-ring (bicyclic) bond motifs is 3. The summed E-state index contributed by atoms with van der Waals surface area (Å²) in [5.41, 5.74) is 3.32. The van der Waals surface area contributed by atoms with Crippen LogP contribution in [0.2, 0.25) is 0 Å². The fraction of sp³-hybridized carbons (Fsp3) is 0.0625. The Balaban J connectivity index is 1.71. The number of hydrogen-bond donors (Lipinski definition) is 1. The fourth-order valence-corrected chi connectivity index (χ4v) is 2.24. The van der Waals surface area contributed by atoms with Crippen LogP contribution in [0.15, 0.2) is 49.1 Å². The van der Waals surface area contributed by atoms with Crippen LogP contribution in [0.4, 0.5) is 0 Å². The molecule has 0 spiro atoms. The lowest BCUT2D eigenvalue weighted by atomic mass is 10.2. The van der Waals surface area contributed by atoms with Crippen molar-refractivity contribution in [3.05, 3.63) is 60.2 Å². The second-order valence-corrected chi connectivity index (χ2v) is 4.72. The number of aromatic amines is 1. The highest BCUT2D eigenvalue weighted by Gasteiger charge is 2.14. The Hall–Kier alpha value is -3.33. The zero-order chi connectivity index (χ0) is 14.9. The van der Waals surface area contributed by atoms with Crippen LogP contribution >= 0.6 is 0 Å². The van der Waals surface area contributed by atoms with Gasteiger partial charge in [0.1, 0.15) is 11.3 Å². The minimum Gasteiger partial charge on any atom is -0.497 e. The molecule has 0 radical (unpaired) electrons. The molecule has 0 saturated heterocycles. The molecular weight excluding hydrogens is 278 g/mol. The number of methoxy groups -OCH3 is 1. The summed E-state index contributed by atoms with van der Waals surface area (Å²) >= 11 is 0. The molecule has 3 aromatic heterocycles. The van der Waals surface area contributed by atoms with Gasteiger partial charge in [-0.2, -0.15) is 0 Å². The summed E-state index contributed by atoms with van der Waals surface area (Å²) < 4.78 is 8.81. The van der Waals surface area contributed by atoms with E-state index in [4.69, 9.17) is 4.74 Å². The summed E-state index contributed by atoms with van der Waals surface area (Å²) in [6.45, 7) is 0. The maximum Gasteiger partial charge on any atom is 0.246 e. The lowest BCUT2D eigenvalue weighted by Gasteiger charge is -1.97. The first-order chi connectivity index (χ1) is 10.8. The zero-order valence-electron chi connectivity index (χ0n) is 11.8. The SMILES string of the molecule is COc1ccc(C#Cc2cn3c4nccnc4[nH][n+]3c2)cc1. The van der Waals surface area contributed by atoms with Gasteiger partial charge in [0.2, 0.25) is 17.5 Å². The van der Waals surface area contributed by atoms with E-state index < -0.39 is 0 Å². The molecule has 0 unspecified atom stereocenters. The third-order valence-corrected chi connectivity index (χ3v) is 3.31. The first-order valence-electron chi connectivity index (χ1n) is 6.72. The predicted molar refractivity (Wildman–Crippen MR) is 79.5 cm³/mol. The van der Waals surface area contributed by atoms with Crippen molar-refractivity contribution in [3.8, 4) is 17.6 Å². The van der Waals surface area contributed by atoms with Gasteiger partial charge < -0.3 is 4.74 Å². The van der Waals surface area contributed by atoms with Crippen LogP contribution in [-0.2, 0) is 0 Å². The van der Waals surface area contributed by atoms with Gasteiger partial charge in [0, 0.05) is 22.6 Å². The van der Waals surface area contributed by atoms with Gasteiger partial charge in [0.05, 0.1) is 13.3 Å². The van der Waals surface area contributed by atoms with Gasteiger partial charge in [-0.05, 0) is 24.3 Å². The molecule has 1 aromatic carbocycles. The van der Waals surface area contributed by atoms with Crippen molar-refractivity contribution in [1.82, 2.24) is 19.6 Å². The predicted octanol–water partition coefficient (Wildman–Crippen LogP) is 1.20. The Labute approximate surface area is 126 Å². The van der Waals surface area contributed by atoms with Gasteiger partial charge in [-0.3, -0.25) is 0 Å². The lowest BCUT2D eigenvalue weighted by Crippen LogP contribution is -2.26. The molecule has 0 bridgehead atoms. The van der Waals surface area contributed by atoms with E-state index in [-0.39, 0.29) is 0 Å². The number of hydrogen-bond acceptors (Lipinski definition) is 3. The molecule has 0 saturated carbocycles. The van der Waals surface area contributed by atoms with Crippen LogP contribution in [-0.4, -0.2) is 26.7 Å². The fourth-order valence-electron chi connectivity index (χ4n) is 2.24. The molecule has 6 heteroatoms. The normalized spacial score (nSPS) is 10.6. The van der Waals surface area contributed by atoms with E-state index in [1.165, 1.54) is 0 Å². The molecule has 1 N–H and O–H groups in total. The number of nitrogens with one attached hydrogen (secondary N) is 1. The molecule has 0 fully saturated rings. The zero-order valence-corrected chi connectivity index (χ0v) is 11.8. The van der Waals surface area contributed by atoms with Gasteiger partial charge in [-0.1, -0.05) is 16.4 Å². The standard InChI is InChI=1S/C16H12N5O/c1-22-14-6-4-12(5-7-14)2-3-13-10-20-16-15(17-8-9-18-16)19-21(20)11-13/h4-11H,1H3,(H,17,19)/q+1. The molecule has 0 atom stereocenters. The third-order valence-electron chi connectivity index (χ3n) is 3.31. The van der Waals surface area contributed by atoms with Crippen molar-refractivity contribution in [3.63, 3.8) is 0 Å². The molecule has 0 aliphatic heterocycles. The Kier molecular flexibility index (Phi) is 2.76. The summed E-state index contributed by atoms with van der Waals surface area (Å²) in [5.74, 6) is 7.09. The van der Waals surface area contributed by atoms with Crippen molar-refractivity contribution in [2.24, 2.45) is 0 Å². The minimum atomic E-state index is 0.733. The molecule has 22 heavy (non-hydrogen) atoms. The van der Waals surface area contributed by atoms with E-state index in [0.717, 1.165) is 28.2 Å². The Morgan fingerprint density at radius 2 is 1.86 bits per heavy atom. The Morgan fingerprint density at radius 3 is 2.68 bits per heavy atom. The second-order valence-electron chi connectivity index (χ2n) is 4.72. The first-order valence-corrected chi connectivity index (χ1v) is 6.72. The molecule has 0 amide bonds. The quantitative estimate of drug-likeness (QED) is 0.423. The van der Waals surface area contributed by atoms with Crippen LogP contribution in [0.3, 0.4) is 0 Å². The second kappa shape index (κ2) is 4.90. The molecule has 0 aliphatic rings. The summed E-state index contributed by atoms with van der Waals surface area (Å²) in [4.78, 5) is 8.53. The average Bonchev–Trinajstić information content (AvgIpc) is 3.10. The number of ether oxygens (including phenoxy) is 1. The highest BCUT2D eigenvalue weighted by Crippen LogP contribution is 2.10. The van der Waals surface area contributed by atoms with Crippen molar-refractivity contribution in [2.75, 3.05) is 7.11 Å². The highest BCUT2D eigenvalue weighted by molar-refractivity contribution is 5.62. The van der Waals surface area contributed by atoms with Crippen LogP contribution in [0, 0.1) is 11.8 Å². The molecule has 106 valence electrons. The van der Waals surface area contributed by atoms with Gasteiger partial charge in [0.25, 0.3) is 0 Å². The summed E-state index contributed by atoms with van der Waals surface area (Å²) in [6.07, 6.45) is 7.14. The molecule has 6 nitrogen and oxygen atoms in total. The highest BCUT2D eigenvalue weighted by atomic mass is 16.5. The number of nitrogens with zero attached hydrogens (tertiary/aromatic N) is 4. The number of benzene rings is 1. The van der Waals surface area contributed by atoms with Crippen LogP contribution in [0.1, 0.15) is 11.1 Å². The van der Waals surface area contributed by atoms with E-state index in [2.05, 4.69) is 26.9 Å². The molecule has 4 aromatic rings. The Bertz CT molecular complexity index is 1020. The van der Waals surface area contributed by atoms with Crippen LogP contribution in [0.25, 0.3) is 11.3 Å². The van der Waals surface area contributed by atoms with E-state index in [1.807, 2.05) is 45.8 Å². The number of H-pyrrole nitrogens is 1. The third kappa shape index (κ3) is 2.05. The van der Waals surface area contributed by atoms with Crippen molar-refractivity contribution in [1.29, 1.82) is 0 Å². The molecule has 4 rings (SSSR count). The Morgan fingerprint density at radius 1 is 1.09 bits per heavy atom. The molecular formula is C16H12N5O+. The minimum absolute atomic E-state index is 0.733. The van der Waals surface area contributed by atoms with Crippen molar-refractivity contribution < 1.29 is 9.37 Å². The van der Waals surface area contributed by atoms with Crippen LogP contribution < -0.4 is 9.37 Å². The molecule has 3 heterocycles. The van der Waals surface area contributed by atoms with E-state index in [9.17, 15) is 0 Å². The maximum atomic E-state index is 5.13. The topological polar surface area (TPSA) is 59.3 Å².